The normalized spacial score (nSPS) is 26.9. The van der Waals surface area contributed by atoms with Gasteiger partial charge in [0.05, 0.1) is 0 Å². The molecule has 0 radical (unpaired) electrons. The lowest BCUT2D eigenvalue weighted by Crippen LogP contribution is -2.39. The van der Waals surface area contributed by atoms with E-state index in [1.165, 1.54) is 32.1 Å². The molecule has 1 saturated carbocycles. The minimum Gasteiger partial charge on any atom is -0.314 e. The maximum atomic E-state index is 3.85. The highest BCUT2D eigenvalue weighted by atomic mass is 14.9. The summed E-state index contributed by atoms with van der Waals surface area (Å²) in [6.45, 7) is 14.4. The fraction of sp³-hybridized carbons (Fsp3) is 0.882. The zero-order valence-electron chi connectivity index (χ0n) is 13.0. The summed E-state index contributed by atoms with van der Waals surface area (Å²) < 4.78 is 0. The summed E-state index contributed by atoms with van der Waals surface area (Å²) in [5.74, 6) is 1.82. The van der Waals surface area contributed by atoms with Crippen molar-refractivity contribution in [3.05, 3.63) is 12.7 Å². The van der Waals surface area contributed by atoms with Crippen LogP contribution in [0.4, 0.5) is 0 Å². The molecule has 1 aliphatic carbocycles. The highest BCUT2D eigenvalue weighted by Gasteiger charge is 2.32. The second-order valence-corrected chi connectivity index (χ2v) is 7.01. The van der Waals surface area contributed by atoms with E-state index in [1.54, 1.807) is 0 Å². The monoisotopic (exact) mass is 251 g/mol. The molecule has 0 aliphatic heterocycles. The SMILES string of the molecule is C=CCCC(NCC)C1CCC(C(C)(C)C)CC1. The van der Waals surface area contributed by atoms with Crippen LogP contribution in [0.3, 0.4) is 0 Å². The average Bonchev–Trinajstić information content (AvgIpc) is 2.33. The molecule has 0 saturated heterocycles. The predicted octanol–water partition coefficient (Wildman–Crippen LogP) is 4.78. The van der Waals surface area contributed by atoms with Crippen LogP contribution >= 0.6 is 0 Å². The second kappa shape index (κ2) is 7.33. The van der Waals surface area contributed by atoms with Gasteiger partial charge in [-0.05, 0) is 62.3 Å². The first-order chi connectivity index (χ1) is 8.49. The van der Waals surface area contributed by atoms with E-state index in [9.17, 15) is 0 Å². The molecule has 106 valence electrons. The molecule has 0 aromatic carbocycles. The Labute approximate surface area is 114 Å². The second-order valence-electron chi connectivity index (χ2n) is 7.01. The van der Waals surface area contributed by atoms with Crippen LogP contribution in [0, 0.1) is 17.3 Å². The fourth-order valence-electron chi connectivity index (χ4n) is 3.45. The lowest BCUT2D eigenvalue weighted by Gasteiger charge is -2.39. The van der Waals surface area contributed by atoms with Crippen molar-refractivity contribution in [1.82, 2.24) is 5.32 Å². The lowest BCUT2D eigenvalue weighted by atomic mass is 9.68. The highest BCUT2D eigenvalue weighted by Crippen LogP contribution is 2.41. The maximum absolute atomic E-state index is 3.85. The summed E-state index contributed by atoms with van der Waals surface area (Å²) in [6, 6.07) is 0.717. The Hall–Kier alpha value is -0.300. The Bertz CT molecular complexity index is 230. The summed E-state index contributed by atoms with van der Waals surface area (Å²) in [4.78, 5) is 0. The van der Waals surface area contributed by atoms with E-state index < -0.39 is 0 Å². The Morgan fingerprint density at radius 1 is 1.22 bits per heavy atom. The van der Waals surface area contributed by atoms with Crippen molar-refractivity contribution >= 4 is 0 Å². The van der Waals surface area contributed by atoms with Gasteiger partial charge >= 0.3 is 0 Å². The molecule has 0 spiro atoms. The van der Waals surface area contributed by atoms with Gasteiger partial charge in [0.15, 0.2) is 0 Å². The Kier molecular flexibility index (Phi) is 6.42. The molecule has 0 amide bonds. The number of hydrogen-bond acceptors (Lipinski definition) is 1. The summed E-state index contributed by atoms with van der Waals surface area (Å²) in [6.07, 6.45) is 10.1. The van der Waals surface area contributed by atoms with Crippen LogP contribution in [0.1, 0.15) is 66.2 Å². The minimum atomic E-state index is 0.500. The molecule has 0 aromatic rings. The maximum Gasteiger partial charge on any atom is 0.00981 e. The lowest BCUT2D eigenvalue weighted by molar-refractivity contribution is 0.131. The van der Waals surface area contributed by atoms with Crippen molar-refractivity contribution in [3.8, 4) is 0 Å². The summed E-state index contributed by atoms with van der Waals surface area (Å²) in [5.41, 5.74) is 0.500. The molecule has 1 rings (SSSR count). The van der Waals surface area contributed by atoms with Gasteiger partial charge in [0, 0.05) is 6.04 Å². The van der Waals surface area contributed by atoms with Crippen molar-refractivity contribution in [2.75, 3.05) is 6.54 Å². The number of allylic oxidation sites excluding steroid dienone is 1. The molecule has 0 aromatic heterocycles. The molecular weight excluding hydrogens is 218 g/mol. The van der Waals surface area contributed by atoms with Gasteiger partial charge in [-0.25, -0.2) is 0 Å². The van der Waals surface area contributed by atoms with Crippen molar-refractivity contribution < 1.29 is 0 Å². The van der Waals surface area contributed by atoms with E-state index in [0.29, 0.717) is 11.5 Å². The average molecular weight is 251 g/mol. The van der Waals surface area contributed by atoms with Gasteiger partial charge in [0.1, 0.15) is 0 Å². The zero-order valence-corrected chi connectivity index (χ0v) is 13.0. The van der Waals surface area contributed by atoms with Crippen LogP contribution in [0.5, 0.6) is 0 Å². The Morgan fingerprint density at radius 2 is 1.83 bits per heavy atom. The first-order valence-corrected chi connectivity index (χ1v) is 7.83. The van der Waals surface area contributed by atoms with E-state index in [2.05, 4.69) is 45.7 Å². The van der Waals surface area contributed by atoms with Crippen LogP contribution in [0.2, 0.25) is 0 Å². The van der Waals surface area contributed by atoms with Gasteiger partial charge in [0.2, 0.25) is 0 Å². The van der Waals surface area contributed by atoms with Gasteiger partial charge in [-0.2, -0.15) is 0 Å². The minimum absolute atomic E-state index is 0.500. The van der Waals surface area contributed by atoms with Crippen molar-refractivity contribution in [2.45, 2.75) is 72.3 Å². The molecular formula is C17H33N. The van der Waals surface area contributed by atoms with Gasteiger partial charge in [0.25, 0.3) is 0 Å². The molecule has 1 N–H and O–H groups in total. The highest BCUT2D eigenvalue weighted by molar-refractivity contribution is 4.86. The van der Waals surface area contributed by atoms with Gasteiger partial charge in [-0.1, -0.05) is 33.8 Å². The van der Waals surface area contributed by atoms with Gasteiger partial charge in [-0.3, -0.25) is 0 Å². The van der Waals surface area contributed by atoms with E-state index >= 15 is 0 Å². The number of hydrogen-bond donors (Lipinski definition) is 1. The molecule has 1 heteroatoms. The summed E-state index contributed by atoms with van der Waals surface area (Å²) in [5, 5.41) is 3.69. The van der Waals surface area contributed by atoms with Crippen molar-refractivity contribution in [2.24, 2.45) is 17.3 Å². The van der Waals surface area contributed by atoms with E-state index in [4.69, 9.17) is 0 Å². The van der Waals surface area contributed by atoms with Crippen LogP contribution < -0.4 is 5.32 Å². The summed E-state index contributed by atoms with van der Waals surface area (Å²) >= 11 is 0. The number of rotatable bonds is 6. The molecule has 1 nitrogen and oxygen atoms in total. The molecule has 1 atom stereocenters. The fourth-order valence-corrected chi connectivity index (χ4v) is 3.45. The molecule has 0 heterocycles. The summed E-state index contributed by atoms with van der Waals surface area (Å²) in [7, 11) is 0. The third kappa shape index (κ3) is 4.76. The zero-order chi connectivity index (χ0) is 13.6. The first-order valence-electron chi connectivity index (χ1n) is 7.83. The molecule has 0 bridgehead atoms. The van der Waals surface area contributed by atoms with E-state index in [1.807, 2.05) is 0 Å². The topological polar surface area (TPSA) is 12.0 Å². The number of nitrogens with one attached hydrogen (secondary N) is 1. The smallest absolute Gasteiger partial charge is 0.00981 e. The van der Waals surface area contributed by atoms with Crippen molar-refractivity contribution in [1.29, 1.82) is 0 Å². The third-order valence-electron chi connectivity index (χ3n) is 4.71. The van der Waals surface area contributed by atoms with Crippen LogP contribution in [-0.2, 0) is 0 Å². The van der Waals surface area contributed by atoms with Crippen LogP contribution in [0.15, 0.2) is 12.7 Å². The van der Waals surface area contributed by atoms with Gasteiger partial charge in [-0.15, -0.1) is 6.58 Å². The standard InChI is InChI=1S/C17H33N/c1-6-8-9-16(18-7-2)14-10-12-15(13-11-14)17(3,4)5/h6,14-16,18H,1,7-13H2,2-5H3. The molecule has 1 aliphatic rings. The quantitative estimate of drug-likeness (QED) is 0.670. The van der Waals surface area contributed by atoms with Crippen LogP contribution in [-0.4, -0.2) is 12.6 Å². The Morgan fingerprint density at radius 3 is 2.28 bits per heavy atom. The van der Waals surface area contributed by atoms with E-state index in [0.717, 1.165) is 24.8 Å². The largest absolute Gasteiger partial charge is 0.314 e. The van der Waals surface area contributed by atoms with Crippen molar-refractivity contribution in [3.63, 3.8) is 0 Å². The molecule has 1 unspecified atom stereocenters. The molecule has 18 heavy (non-hydrogen) atoms. The third-order valence-corrected chi connectivity index (χ3v) is 4.71. The Balaban J connectivity index is 2.45. The van der Waals surface area contributed by atoms with E-state index in [-0.39, 0.29) is 0 Å². The molecule has 1 fully saturated rings. The van der Waals surface area contributed by atoms with Gasteiger partial charge < -0.3 is 5.32 Å². The first kappa shape index (κ1) is 15.8. The van der Waals surface area contributed by atoms with Crippen LogP contribution in [0.25, 0.3) is 0 Å². The predicted molar refractivity (Wildman–Crippen MR) is 81.8 cm³/mol.